The molecule has 1 aliphatic rings. The molecule has 0 bridgehead atoms. The van der Waals surface area contributed by atoms with E-state index in [4.69, 9.17) is 5.11 Å². The van der Waals surface area contributed by atoms with E-state index in [2.05, 4.69) is 13.8 Å². The molecule has 1 aromatic rings. The van der Waals surface area contributed by atoms with Gasteiger partial charge < -0.3 is 10.0 Å². The van der Waals surface area contributed by atoms with Crippen molar-refractivity contribution in [3.05, 3.63) is 24.3 Å². The zero-order valence-corrected chi connectivity index (χ0v) is 16.8. The average Bonchev–Trinajstić information content (AvgIpc) is 2.68. The number of amides is 1. The Labute approximate surface area is 161 Å². The molecule has 144 valence electrons. The summed E-state index contributed by atoms with van der Waals surface area (Å²) in [5.41, 5.74) is 0.876. The van der Waals surface area contributed by atoms with Gasteiger partial charge in [0, 0.05) is 17.4 Å². The molecule has 0 radical (unpaired) electrons. The van der Waals surface area contributed by atoms with Gasteiger partial charge in [0.25, 0.3) is 0 Å². The Hall–Kier alpha value is -1.49. The van der Waals surface area contributed by atoms with Gasteiger partial charge in [-0.3, -0.25) is 9.59 Å². The van der Waals surface area contributed by atoms with Crippen LogP contribution in [-0.2, 0) is 9.59 Å². The third kappa shape index (κ3) is 5.76. The van der Waals surface area contributed by atoms with Crippen molar-refractivity contribution in [2.24, 2.45) is 11.8 Å². The molecule has 1 amide bonds. The summed E-state index contributed by atoms with van der Waals surface area (Å²) in [7, 11) is 0. The topological polar surface area (TPSA) is 57.6 Å². The predicted octanol–water partition coefficient (Wildman–Crippen LogP) is 5.21. The van der Waals surface area contributed by atoms with Gasteiger partial charge in [0.15, 0.2) is 0 Å². The molecular weight excluding hydrogens is 346 g/mol. The second kappa shape index (κ2) is 10.6. The van der Waals surface area contributed by atoms with Crippen molar-refractivity contribution in [1.82, 2.24) is 0 Å². The molecule has 0 atom stereocenters. The van der Waals surface area contributed by atoms with Gasteiger partial charge in [0.2, 0.25) is 5.91 Å². The van der Waals surface area contributed by atoms with Crippen LogP contribution in [0.1, 0.15) is 58.8 Å². The number of carbonyl (C=O) groups excluding carboxylic acids is 1. The van der Waals surface area contributed by atoms with Gasteiger partial charge >= 0.3 is 5.97 Å². The number of carboxylic acid groups (broad SMARTS) is 1. The van der Waals surface area contributed by atoms with Gasteiger partial charge in [-0.25, -0.2) is 0 Å². The maximum absolute atomic E-state index is 13.4. The molecule has 0 unspecified atom stereocenters. The van der Waals surface area contributed by atoms with E-state index in [0.29, 0.717) is 12.5 Å². The molecule has 1 aromatic carbocycles. The summed E-state index contributed by atoms with van der Waals surface area (Å²) in [5, 5.41) is 9.04. The number of anilines is 1. The minimum Gasteiger partial charge on any atom is -0.481 e. The number of carboxylic acids is 1. The van der Waals surface area contributed by atoms with Crippen molar-refractivity contribution >= 4 is 29.3 Å². The van der Waals surface area contributed by atoms with Crippen molar-refractivity contribution < 1.29 is 14.7 Å². The lowest BCUT2D eigenvalue weighted by molar-refractivity contribution is -0.134. The SMILES string of the molecule is CCC(CC)CN(C(=O)C1CCCCC1)c1ccccc1SCC(=O)O. The summed E-state index contributed by atoms with van der Waals surface area (Å²) in [6.07, 6.45) is 7.51. The van der Waals surface area contributed by atoms with Gasteiger partial charge in [-0.15, -0.1) is 11.8 Å². The van der Waals surface area contributed by atoms with Gasteiger partial charge in [0.05, 0.1) is 11.4 Å². The molecule has 0 spiro atoms. The Morgan fingerprint density at radius 2 is 1.81 bits per heavy atom. The number of thioether (sulfide) groups is 1. The second-order valence-corrected chi connectivity index (χ2v) is 8.13. The zero-order chi connectivity index (χ0) is 18.9. The lowest BCUT2D eigenvalue weighted by Gasteiger charge is -2.33. The van der Waals surface area contributed by atoms with Gasteiger partial charge in [0.1, 0.15) is 0 Å². The van der Waals surface area contributed by atoms with Gasteiger partial charge in [-0.2, -0.15) is 0 Å². The Morgan fingerprint density at radius 3 is 2.42 bits per heavy atom. The van der Waals surface area contributed by atoms with Crippen LogP contribution in [0.2, 0.25) is 0 Å². The average molecular weight is 378 g/mol. The number of para-hydroxylation sites is 1. The van der Waals surface area contributed by atoms with Crippen LogP contribution in [0.3, 0.4) is 0 Å². The molecule has 1 saturated carbocycles. The van der Waals surface area contributed by atoms with Crippen molar-refractivity contribution in [2.75, 3.05) is 17.2 Å². The van der Waals surface area contributed by atoms with E-state index in [1.165, 1.54) is 18.2 Å². The van der Waals surface area contributed by atoms with Crippen molar-refractivity contribution in [3.63, 3.8) is 0 Å². The fourth-order valence-corrected chi connectivity index (χ4v) is 4.40. The maximum atomic E-state index is 13.4. The van der Waals surface area contributed by atoms with Crippen LogP contribution in [0, 0.1) is 11.8 Å². The highest BCUT2D eigenvalue weighted by atomic mass is 32.2. The first kappa shape index (κ1) is 20.8. The number of rotatable bonds is 9. The molecule has 5 heteroatoms. The summed E-state index contributed by atoms with van der Waals surface area (Å²) < 4.78 is 0. The molecule has 2 rings (SSSR count). The third-order valence-electron chi connectivity index (χ3n) is 5.32. The van der Waals surface area contributed by atoms with Crippen LogP contribution in [0.15, 0.2) is 29.2 Å². The number of aliphatic carboxylic acids is 1. The molecule has 4 nitrogen and oxygen atoms in total. The van der Waals surface area contributed by atoms with Crippen molar-refractivity contribution in [3.8, 4) is 0 Å². The van der Waals surface area contributed by atoms with E-state index in [9.17, 15) is 9.59 Å². The van der Waals surface area contributed by atoms with E-state index < -0.39 is 5.97 Å². The minimum atomic E-state index is -0.838. The fraction of sp³-hybridized carbons (Fsp3) is 0.619. The van der Waals surface area contributed by atoms with Crippen LogP contribution in [0.4, 0.5) is 5.69 Å². The number of carbonyl (C=O) groups is 2. The van der Waals surface area contributed by atoms with Crippen LogP contribution in [0.5, 0.6) is 0 Å². The van der Waals surface area contributed by atoms with Crippen LogP contribution >= 0.6 is 11.8 Å². The smallest absolute Gasteiger partial charge is 0.313 e. The van der Waals surface area contributed by atoms with E-state index in [-0.39, 0.29) is 17.6 Å². The monoisotopic (exact) mass is 377 g/mol. The lowest BCUT2D eigenvalue weighted by Crippen LogP contribution is -2.40. The van der Waals surface area contributed by atoms with Crippen LogP contribution in [-0.4, -0.2) is 29.3 Å². The summed E-state index contributed by atoms with van der Waals surface area (Å²) in [5.74, 6) is -0.0429. The molecule has 0 aliphatic heterocycles. The highest BCUT2D eigenvalue weighted by Gasteiger charge is 2.29. The maximum Gasteiger partial charge on any atom is 0.313 e. The number of hydrogen-bond acceptors (Lipinski definition) is 3. The Morgan fingerprint density at radius 1 is 1.15 bits per heavy atom. The van der Waals surface area contributed by atoms with Crippen LogP contribution in [0.25, 0.3) is 0 Å². The van der Waals surface area contributed by atoms with Gasteiger partial charge in [-0.1, -0.05) is 58.1 Å². The third-order valence-corrected chi connectivity index (χ3v) is 6.37. The Balaban J connectivity index is 2.30. The molecular formula is C21H31NO3S. The summed E-state index contributed by atoms with van der Waals surface area (Å²) in [6.45, 7) is 5.05. The summed E-state index contributed by atoms with van der Waals surface area (Å²) >= 11 is 1.30. The standard InChI is InChI=1S/C21H31NO3S/c1-3-16(4-2)14-22(21(25)17-10-6-5-7-11-17)18-12-8-9-13-19(18)26-15-20(23)24/h8-9,12-13,16-17H,3-7,10-11,14-15H2,1-2H3,(H,23,24). The largest absolute Gasteiger partial charge is 0.481 e. The Kier molecular flexibility index (Phi) is 8.49. The number of hydrogen-bond donors (Lipinski definition) is 1. The number of benzene rings is 1. The quantitative estimate of drug-likeness (QED) is 0.600. The minimum absolute atomic E-state index is 0.00740. The van der Waals surface area contributed by atoms with Crippen LogP contribution < -0.4 is 4.90 Å². The normalized spacial score (nSPS) is 15.2. The molecule has 0 saturated heterocycles. The highest BCUT2D eigenvalue weighted by molar-refractivity contribution is 8.00. The summed E-state index contributed by atoms with van der Waals surface area (Å²) in [6, 6.07) is 7.74. The first-order valence-electron chi connectivity index (χ1n) is 9.81. The van der Waals surface area contributed by atoms with Gasteiger partial charge in [-0.05, 0) is 30.9 Å². The van der Waals surface area contributed by atoms with E-state index >= 15 is 0 Å². The second-order valence-electron chi connectivity index (χ2n) is 7.12. The first-order valence-corrected chi connectivity index (χ1v) is 10.8. The van der Waals surface area contributed by atoms with E-state index in [1.54, 1.807) is 0 Å². The summed E-state index contributed by atoms with van der Waals surface area (Å²) in [4.78, 5) is 27.2. The van der Waals surface area contributed by atoms with E-state index in [1.807, 2.05) is 29.2 Å². The van der Waals surface area contributed by atoms with E-state index in [0.717, 1.165) is 49.1 Å². The fourth-order valence-electron chi connectivity index (χ4n) is 3.62. The first-order chi connectivity index (χ1) is 12.6. The van der Waals surface area contributed by atoms with Crippen molar-refractivity contribution in [2.45, 2.75) is 63.7 Å². The predicted molar refractivity (Wildman–Crippen MR) is 108 cm³/mol. The number of nitrogens with zero attached hydrogens (tertiary/aromatic N) is 1. The molecule has 26 heavy (non-hydrogen) atoms. The molecule has 1 N–H and O–H groups in total. The lowest BCUT2D eigenvalue weighted by atomic mass is 9.87. The molecule has 1 fully saturated rings. The molecule has 1 aliphatic carbocycles. The molecule has 0 heterocycles. The Bertz CT molecular complexity index is 595. The molecule has 0 aromatic heterocycles. The zero-order valence-electron chi connectivity index (χ0n) is 15.9. The van der Waals surface area contributed by atoms with Crippen molar-refractivity contribution in [1.29, 1.82) is 0 Å². The highest BCUT2D eigenvalue weighted by Crippen LogP contribution is 2.34.